The largest absolute Gasteiger partial charge is 0.363 e. The van der Waals surface area contributed by atoms with Gasteiger partial charge in [0.25, 0.3) is 11.7 Å². The predicted molar refractivity (Wildman–Crippen MR) is 85.5 cm³/mol. The quantitative estimate of drug-likeness (QED) is 0.876. The maximum absolute atomic E-state index is 12.9. The fourth-order valence-electron chi connectivity index (χ4n) is 3.16. The van der Waals surface area contributed by atoms with Crippen molar-refractivity contribution in [3.8, 4) is 0 Å². The van der Waals surface area contributed by atoms with Gasteiger partial charge in [-0.15, -0.1) is 0 Å². The monoisotopic (exact) mass is 332 g/mol. The average Bonchev–Trinajstić information content (AvgIpc) is 3.03. The number of rotatable bonds is 6. The minimum Gasteiger partial charge on any atom is -0.363 e. The Balaban J connectivity index is 1.50. The van der Waals surface area contributed by atoms with Gasteiger partial charge in [0.2, 0.25) is 5.89 Å². The number of nitrogens with two attached hydrogens (primary N) is 1. The minimum absolute atomic E-state index is 0.0742. The fourth-order valence-corrected chi connectivity index (χ4v) is 3.16. The summed E-state index contributed by atoms with van der Waals surface area (Å²) in [4.78, 5) is 17.3. The normalized spacial score (nSPS) is 18.6. The molecule has 0 unspecified atom stereocenters. The summed E-state index contributed by atoms with van der Waals surface area (Å²) < 4.78 is 18.0. The van der Waals surface area contributed by atoms with Crippen LogP contribution in [0.2, 0.25) is 0 Å². The van der Waals surface area contributed by atoms with Crippen molar-refractivity contribution in [1.82, 2.24) is 15.0 Å². The Morgan fingerprint density at radius 1 is 1.38 bits per heavy atom. The van der Waals surface area contributed by atoms with Crippen molar-refractivity contribution in [2.24, 2.45) is 11.7 Å². The summed E-state index contributed by atoms with van der Waals surface area (Å²) in [6, 6.07) is 6.71. The first-order valence-corrected chi connectivity index (χ1v) is 8.19. The van der Waals surface area contributed by atoms with Crippen molar-refractivity contribution in [2.45, 2.75) is 32.2 Å². The van der Waals surface area contributed by atoms with Crippen LogP contribution < -0.4 is 5.73 Å². The number of halogens is 1. The minimum atomic E-state index is -0.680. The van der Waals surface area contributed by atoms with Gasteiger partial charge in [-0.05, 0) is 55.8 Å². The summed E-state index contributed by atoms with van der Waals surface area (Å²) in [6.07, 6.45) is 4.32. The SMILES string of the molecule is NC(=O)c1noc(CN2CCC[C@@H](CCc3ccc(F)cc3)C2)n1. The molecule has 128 valence electrons. The number of amides is 1. The Hall–Kier alpha value is -2.28. The van der Waals surface area contributed by atoms with Crippen LogP contribution in [0.3, 0.4) is 0 Å². The van der Waals surface area contributed by atoms with Crippen LogP contribution in [0.1, 0.15) is 41.3 Å². The summed E-state index contributed by atoms with van der Waals surface area (Å²) in [6.45, 7) is 2.46. The molecule has 6 nitrogen and oxygen atoms in total. The molecule has 1 saturated heterocycles. The summed E-state index contributed by atoms with van der Waals surface area (Å²) >= 11 is 0. The van der Waals surface area contributed by atoms with Gasteiger partial charge in [-0.2, -0.15) is 4.98 Å². The summed E-state index contributed by atoms with van der Waals surface area (Å²) in [5, 5.41) is 3.57. The second-order valence-electron chi connectivity index (χ2n) is 6.28. The number of nitrogens with zero attached hydrogens (tertiary/aromatic N) is 3. The van der Waals surface area contributed by atoms with Gasteiger partial charge < -0.3 is 10.3 Å². The van der Waals surface area contributed by atoms with E-state index >= 15 is 0 Å². The Morgan fingerprint density at radius 2 is 2.17 bits per heavy atom. The zero-order valence-corrected chi connectivity index (χ0v) is 13.4. The van der Waals surface area contributed by atoms with Gasteiger partial charge in [0.05, 0.1) is 6.54 Å². The highest BCUT2D eigenvalue weighted by atomic mass is 19.1. The molecule has 0 saturated carbocycles. The molecule has 0 aliphatic carbocycles. The molecule has 1 aromatic heterocycles. The Bertz CT molecular complexity index is 686. The van der Waals surface area contributed by atoms with Gasteiger partial charge in [-0.3, -0.25) is 9.69 Å². The van der Waals surface area contributed by atoms with Crippen molar-refractivity contribution < 1.29 is 13.7 Å². The van der Waals surface area contributed by atoms with Gasteiger partial charge in [-0.1, -0.05) is 17.3 Å². The van der Waals surface area contributed by atoms with E-state index in [2.05, 4.69) is 15.0 Å². The second kappa shape index (κ2) is 7.53. The average molecular weight is 332 g/mol. The topological polar surface area (TPSA) is 85.2 Å². The highest BCUT2D eigenvalue weighted by Gasteiger charge is 2.22. The molecule has 2 aromatic rings. The zero-order chi connectivity index (χ0) is 16.9. The first kappa shape index (κ1) is 16.6. The number of carbonyl (C=O) groups excluding carboxylic acids is 1. The van der Waals surface area contributed by atoms with Crippen molar-refractivity contribution in [3.05, 3.63) is 47.4 Å². The van der Waals surface area contributed by atoms with Gasteiger partial charge in [0.1, 0.15) is 5.82 Å². The molecule has 1 aliphatic rings. The number of hydrogen-bond donors (Lipinski definition) is 1. The molecule has 7 heteroatoms. The molecular formula is C17H21FN4O2. The van der Waals surface area contributed by atoms with E-state index in [0.29, 0.717) is 18.4 Å². The standard InChI is InChI=1S/C17H21FN4O2/c18-14-7-5-12(6-8-14)3-4-13-2-1-9-22(10-13)11-15-20-17(16(19)23)21-24-15/h5-8,13H,1-4,9-11H2,(H2,19,23)/t13-/m0/s1. The van der Waals surface area contributed by atoms with Crippen LogP contribution >= 0.6 is 0 Å². The summed E-state index contributed by atoms with van der Waals surface area (Å²) in [5.74, 6) is 0.0542. The molecule has 1 fully saturated rings. The van der Waals surface area contributed by atoms with E-state index in [-0.39, 0.29) is 11.6 Å². The van der Waals surface area contributed by atoms with Gasteiger partial charge in [0, 0.05) is 6.54 Å². The fraction of sp³-hybridized carbons (Fsp3) is 0.471. The smallest absolute Gasteiger partial charge is 0.290 e. The maximum atomic E-state index is 12.9. The number of hydrogen-bond acceptors (Lipinski definition) is 5. The molecule has 1 amide bonds. The summed E-state index contributed by atoms with van der Waals surface area (Å²) in [7, 11) is 0. The van der Waals surface area contributed by atoms with E-state index in [1.807, 2.05) is 12.1 Å². The highest BCUT2D eigenvalue weighted by Crippen LogP contribution is 2.22. The number of primary amides is 1. The van der Waals surface area contributed by atoms with Gasteiger partial charge in [0.15, 0.2) is 0 Å². The molecule has 3 rings (SSSR count). The van der Waals surface area contributed by atoms with Crippen molar-refractivity contribution in [2.75, 3.05) is 13.1 Å². The first-order chi connectivity index (χ1) is 11.6. The number of aryl methyl sites for hydroxylation is 1. The van der Waals surface area contributed by atoms with Crippen molar-refractivity contribution >= 4 is 5.91 Å². The van der Waals surface area contributed by atoms with E-state index in [4.69, 9.17) is 10.3 Å². The number of aromatic nitrogens is 2. The van der Waals surface area contributed by atoms with Crippen LogP contribution in [0.4, 0.5) is 4.39 Å². The third-order valence-corrected chi connectivity index (χ3v) is 4.40. The van der Waals surface area contributed by atoms with Gasteiger partial charge >= 0.3 is 0 Å². The second-order valence-corrected chi connectivity index (χ2v) is 6.28. The Morgan fingerprint density at radius 3 is 2.88 bits per heavy atom. The van der Waals surface area contributed by atoms with E-state index < -0.39 is 5.91 Å². The molecule has 1 aromatic carbocycles. The molecule has 24 heavy (non-hydrogen) atoms. The first-order valence-electron chi connectivity index (χ1n) is 8.19. The summed E-state index contributed by atoms with van der Waals surface area (Å²) in [5.41, 5.74) is 6.29. The van der Waals surface area contributed by atoms with Crippen LogP contribution in [0.15, 0.2) is 28.8 Å². The third-order valence-electron chi connectivity index (χ3n) is 4.40. The molecule has 1 aliphatic heterocycles. The number of piperidine rings is 1. The molecule has 0 bridgehead atoms. The van der Waals surface area contributed by atoms with Crippen LogP contribution in [-0.2, 0) is 13.0 Å². The van der Waals surface area contributed by atoms with E-state index in [9.17, 15) is 9.18 Å². The zero-order valence-electron chi connectivity index (χ0n) is 13.4. The lowest BCUT2D eigenvalue weighted by atomic mass is 9.91. The third kappa shape index (κ3) is 4.38. The lowest BCUT2D eigenvalue weighted by Gasteiger charge is -2.31. The molecule has 2 N–H and O–H groups in total. The number of likely N-dealkylation sites (tertiary alicyclic amines) is 1. The van der Waals surface area contributed by atoms with Crippen molar-refractivity contribution in [3.63, 3.8) is 0 Å². The Kier molecular flexibility index (Phi) is 5.20. The van der Waals surface area contributed by atoms with E-state index in [1.54, 1.807) is 0 Å². The number of benzene rings is 1. The molecular weight excluding hydrogens is 311 g/mol. The highest BCUT2D eigenvalue weighted by molar-refractivity contribution is 5.88. The number of carbonyl (C=O) groups is 1. The molecule has 0 spiro atoms. The van der Waals surface area contributed by atoms with Crippen LogP contribution in [0, 0.1) is 11.7 Å². The lowest BCUT2D eigenvalue weighted by Crippen LogP contribution is -2.35. The van der Waals surface area contributed by atoms with Gasteiger partial charge in [-0.25, -0.2) is 4.39 Å². The van der Waals surface area contributed by atoms with Crippen LogP contribution in [-0.4, -0.2) is 34.0 Å². The predicted octanol–water partition coefficient (Wildman–Crippen LogP) is 2.15. The van der Waals surface area contributed by atoms with Crippen LogP contribution in [0.25, 0.3) is 0 Å². The van der Waals surface area contributed by atoms with Crippen LogP contribution in [0.5, 0.6) is 0 Å². The van der Waals surface area contributed by atoms with Crippen molar-refractivity contribution in [1.29, 1.82) is 0 Å². The van der Waals surface area contributed by atoms with E-state index in [0.717, 1.165) is 37.9 Å². The molecule has 0 radical (unpaired) electrons. The van der Waals surface area contributed by atoms with E-state index in [1.165, 1.54) is 18.6 Å². The maximum Gasteiger partial charge on any atom is 0.290 e. The Labute approximate surface area is 139 Å². The lowest BCUT2D eigenvalue weighted by molar-refractivity contribution is 0.0987. The molecule has 2 heterocycles. The molecule has 1 atom stereocenters.